The number of nitrogens with zero attached hydrogens (tertiary/aromatic N) is 2. The van der Waals surface area contributed by atoms with E-state index < -0.39 is 10.0 Å². The molecule has 0 saturated carbocycles. The average Bonchev–Trinajstić information content (AvgIpc) is 2.47. The van der Waals surface area contributed by atoms with E-state index in [1.807, 2.05) is 25.1 Å². The summed E-state index contributed by atoms with van der Waals surface area (Å²) >= 11 is 0. The van der Waals surface area contributed by atoms with Gasteiger partial charge in [-0.25, -0.2) is 8.42 Å². The van der Waals surface area contributed by atoms with E-state index in [9.17, 15) is 8.42 Å². The molecule has 0 bridgehead atoms. The van der Waals surface area contributed by atoms with Gasteiger partial charge in [0.05, 0.1) is 11.3 Å². The Kier molecular flexibility index (Phi) is 3.77. The standard InChI is InChI=1S/C15H14N2O2S/c1-12-7-9-14(10-8-12)17(2)20(18,19)15-6-4-3-5-13(15)11-16/h3-10H,1-2H3. The molecule has 0 saturated heterocycles. The Bertz CT molecular complexity index is 759. The first kappa shape index (κ1) is 14.1. The predicted molar refractivity (Wildman–Crippen MR) is 77.9 cm³/mol. The lowest BCUT2D eigenvalue weighted by atomic mass is 10.2. The van der Waals surface area contributed by atoms with Crippen LogP contribution in [0.1, 0.15) is 11.1 Å². The van der Waals surface area contributed by atoms with Crippen LogP contribution in [0.5, 0.6) is 0 Å². The molecule has 0 N–H and O–H groups in total. The van der Waals surface area contributed by atoms with Crippen molar-refractivity contribution in [3.63, 3.8) is 0 Å². The molecule has 2 aromatic carbocycles. The van der Waals surface area contributed by atoms with E-state index in [1.165, 1.54) is 23.5 Å². The molecule has 0 fully saturated rings. The zero-order valence-electron chi connectivity index (χ0n) is 11.2. The summed E-state index contributed by atoms with van der Waals surface area (Å²) in [5, 5.41) is 9.04. The van der Waals surface area contributed by atoms with E-state index in [-0.39, 0.29) is 10.5 Å². The molecular formula is C15H14N2O2S. The Hall–Kier alpha value is -2.32. The molecule has 5 heteroatoms. The van der Waals surface area contributed by atoms with E-state index in [1.54, 1.807) is 24.3 Å². The molecule has 20 heavy (non-hydrogen) atoms. The number of benzene rings is 2. The van der Waals surface area contributed by atoms with Gasteiger partial charge in [0.15, 0.2) is 0 Å². The SMILES string of the molecule is Cc1ccc(N(C)S(=O)(=O)c2ccccc2C#N)cc1. The fourth-order valence-electron chi connectivity index (χ4n) is 1.82. The molecule has 102 valence electrons. The van der Waals surface area contributed by atoms with Gasteiger partial charge in [-0.05, 0) is 31.2 Å². The van der Waals surface area contributed by atoms with Gasteiger partial charge in [0.1, 0.15) is 11.0 Å². The van der Waals surface area contributed by atoms with Crippen LogP contribution in [-0.2, 0) is 10.0 Å². The highest BCUT2D eigenvalue weighted by Crippen LogP contribution is 2.24. The van der Waals surface area contributed by atoms with Crippen molar-refractivity contribution in [1.29, 1.82) is 5.26 Å². The molecule has 0 radical (unpaired) electrons. The van der Waals surface area contributed by atoms with Gasteiger partial charge in [-0.15, -0.1) is 0 Å². The second kappa shape index (κ2) is 5.35. The predicted octanol–water partition coefficient (Wildman–Crippen LogP) is 2.69. The molecule has 0 unspecified atom stereocenters. The van der Waals surface area contributed by atoms with Crippen LogP contribution in [-0.4, -0.2) is 15.5 Å². The summed E-state index contributed by atoms with van der Waals surface area (Å²) in [4.78, 5) is 0.0191. The number of anilines is 1. The van der Waals surface area contributed by atoms with Gasteiger partial charge in [0.2, 0.25) is 0 Å². The van der Waals surface area contributed by atoms with E-state index in [2.05, 4.69) is 0 Å². The van der Waals surface area contributed by atoms with Crippen LogP contribution in [0.25, 0.3) is 0 Å². The van der Waals surface area contributed by atoms with Crippen LogP contribution in [0.15, 0.2) is 53.4 Å². The molecule has 0 aliphatic carbocycles. The third-order valence-corrected chi connectivity index (χ3v) is 4.89. The van der Waals surface area contributed by atoms with Gasteiger partial charge < -0.3 is 0 Å². The molecule has 0 aliphatic heterocycles. The maximum absolute atomic E-state index is 12.6. The van der Waals surface area contributed by atoms with Gasteiger partial charge in [0.25, 0.3) is 10.0 Å². The third kappa shape index (κ3) is 2.51. The number of hydrogen-bond acceptors (Lipinski definition) is 3. The van der Waals surface area contributed by atoms with Crippen molar-refractivity contribution in [2.75, 3.05) is 11.4 Å². The Morgan fingerprint density at radius 3 is 2.25 bits per heavy atom. The highest BCUT2D eigenvalue weighted by Gasteiger charge is 2.24. The summed E-state index contributed by atoms with van der Waals surface area (Å²) in [5.74, 6) is 0. The topological polar surface area (TPSA) is 61.2 Å². The molecular weight excluding hydrogens is 272 g/mol. The van der Waals surface area contributed by atoms with Crippen LogP contribution in [0.2, 0.25) is 0 Å². The Morgan fingerprint density at radius 1 is 1.05 bits per heavy atom. The molecule has 0 aliphatic rings. The molecule has 4 nitrogen and oxygen atoms in total. The van der Waals surface area contributed by atoms with Crippen molar-refractivity contribution in [3.05, 3.63) is 59.7 Å². The van der Waals surface area contributed by atoms with Crippen molar-refractivity contribution in [2.24, 2.45) is 0 Å². The highest BCUT2D eigenvalue weighted by molar-refractivity contribution is 7.92. The van der Waals surface area contributed by atoms with Gasteiger partial charge in [0, 0.05) is 7.05 Å². The summed E-state index contributed by atoms with van der Waals surface area (Å²) in [6.45, 7) is 1.93. The Morgan fingerprint density at radius 2 is 1.65 bits per heavy atom. The van der Waals surface area contributed by atoms with E-state index >= 15 is 0 Å². The minimum atomic E-state index is -3.74. The molecule has 0 heterocycles. The smallest absolute Gasteiger partial charge is 0.265 e. The first-order valence-corrected chi connectivity index (χ1v) is 7.45. The van der Waals surface area contributed by atoms with E-state index in [0.717, 1.165) is 5.56 Å². The molecule has 2 aromatic rings. The molecule has 0 amide bonds. The van der Waals surface area contributed by atoms with Crippen molar-refractivity contribution in [3.8, 4) is 6.07 Å². The first-order valence-electron chi connectivity index (χ1n) is 6.01. The zero-order valence-corrected chi connectivity index (χ0v) is 12.1. The Labute approximate surface area is 118 Å². The summed E-state index contributed by atoms with van der Waals surface area (Å²) in [5.41, 5.74) is 1.76. The quantitative estimate of drug-likeness (QED) is 0.871. The number of sulfonamides is 1. The van der Waals surface area contributed by atoms with E-state index in [0.29, 0.717) is 5.69 Å². The maximum atomic E-state index is 12.6. The van der Waals surface area contributed by atoms with Crippen LogP contribution < -0.4 is 4.31 Å². The van der Waals surface area contributed by atoms with Gasteiger partial charge in [-0.2, -0.15) is 5.26 Å². The molecule has 2 rings (SSSR count). The minimum Gasteiger partial charge on any atom is -0.269 e. The van der Waals surface area contributed by atoms with Crippen molar-refractivity contribution >= 4 is 15.7 Å². The monoisotopic (exact) mass is 286 g/mol. The molecule has 0 atom stereocenters. The highest BCUT2D eigenvalue weighted by atomic mass is 32.2. The lowest BCUT2D eigenvalue weighted by Gasteiger charge is -2.20. The largest absolute Gasteiger partial charge is 0.269 e. The van der Waals surface area contributed by atoms with Crippen molar-refractivity contribution < 1.29 is 8.42 Å². The summed E-state index contributed by atoms with van der Waals surface area (Å²) in [6, 6.07) is 15.3. The molecule has 0 aromatic heterocycles. The van der Waals surface area contributed by atoms with Crippen LogP contribution in [0.3, 0.4) is 0 Å². The average molecular weight is 286 g/mol. The summed E-state index contributed by atoms with van der Waals surface area (Å²) in [7, 11) is -2.26. The van der Waals surface area contributed by atoms with Crippen LogP contribution in [0.4, 0.5) is 5.69 Å². The van der Waals surface area contributed by atoms with Gasteiger partial charge in [-0.3, -0.25) is 4.31 Å². The summed E-state index contributed by atoms with van der Waals surface area (Å²) in [6.07, 6.45) is 0. The number of aryl methyl sites for hydroxylation is 1. The van der Waals surface area contributed by atoms with E-state index in [4.69, 9.17) is 5.26 Å². The van der Waals surface area contributed by atoms with Crippen molar-refractivity contribution in [1.82, 2.24) is 0 Å². The second-order valence-electron chi connectivity index (χ2n) is 4.42. The van der Waals surface area contributed by atoms with Gasteiger partial charge >= 0.3 is 0 Å². The van der Waals surface area contributed by atoms with Crippen LogP contribution >= 0.6 is 0 Å². The zero-order chi connectivity index (χ0) is 14.8. The second-order valence-corrected chi connectivity index (χ2v) is 6.35. The number of rotatable bonds is 3. The Balaban J connectivity index is 2.50. The number of nitriles is 1. The normalized spacial score (nSPS) is 10.8. The fourth-order valence-corrected chi connectivity index (χ4v) is 3.16. The fraction of sp³-hybridized carbons (Fsp3) is 0.133. The minimum absolute atomic E-state index is 0.0191. The maximum Gasteiger partial charge on any atom is 0.265 e. The first-order chi connectivity index (χ1) is 9.46. The van der Waals surface area contributed by atoms with Gasteiger partial charge in [-0.1, -0.05) is 29.8 Å². The van der Waals surface area contributed by atoms with Crippen LogP contribution in [0, 0.1) is 18.3 Å². The molecule has 0 spiro atoms. The third-order valence-electron chi connectivity index (χ3n) is 3.04. The summed E-state index contributed by atoms with van der Waals surface area (Å²) < 4.78 is 26.3. The number of hydrogen-bond donors (Lipinski definition) is 0. The van der Waals surface area contributed by atoms with Crippen molar-refractivity contribution in [2.45, 2.75) is 11.8 Å². The lowest BCUT2D eigenvalue weighted by molar-refractivity contribution is 0.594. The lowest BCUT2D eigenvalue weighted by Crippen LogP contribution is -2.27.